The summed E-state index contributed by atoms with van der Waals surface area (Å²) in [6.45, 7) is 3.74. The summed E-state index contributed by atoms with van der Waals surface area (Å²) in [4.78, 5) is 25.4. The van der Waals surface area contributed by atoms with E-state index in [1.165, 1.54) is 4.90 Å². The lowest BCUT2D eigenvalue weighted by molar-refractivity contribution is -0.144. The maximum absolute atomic E-state index is 12.0. The maximum Gasteiger partial charge on any atom is 0.236 e. The lowest BCUT2D eigenvalue weighted by Crippen LogP contribution is -2.39. The minimum Gasteiger partial charge on any atom is -0.365 e. The first-order valence-corrected chi connectivity index (χ1v) is 5.32. The lowest BCUT2D eigenvalue weighted by Gasteiger charge is -2.21. The van der Waals surface area contributed by atoms with Gasteiger partial charge in [0.15, 0.2) is 0 Å². The van der Waals surface area contributed by atoms with Gasteiger partial charge in [-0.3, -0.25) is 14.5 Å². The zero-order chi connectivity index (χ0) is 10.7. The standard InChI is InChI=1S/C11H13NO3/c1-5(2)12-10(13)8-6-3-4-7(15-6)9(8)11(12)14/h3-9H,1-2H3/t6-,7-,8-,9-/m0/s1. The van der Waals surface area contributed by atoms with Gasteiger partial charge in [-0.1, -0.05) is 12.2 Å². The Labute approximate surface area is 87.9 Å². The molecule has 0 aromatic rings. The van der Waals surface area contributed by atoms with Gasteiger partial charge in [0, 0.05) is 6.04 Å². The predicted molar refractivity (Wildman–Crippen MR) is 51.8 cm³/mol. The number of amides is 2. The number of hydrogen-bond acceptors (Lipinski definition) is 3. The second-order valence-corrected chi connectivity index (χ2v) is 4.64. The molecule has 0 saturated carbocycles. The highest BCUT2D eigenvalue weighted by molar-refractivity contribution is 6.07. The van der Waals surface area contributed by atoms with E-state index in [-0.39, 0.29) is 41.9 Å². The van der Waals surface area contributed by atoms with Crippen molar-refractivity contribution >= 4 is 11.8 Å². The largest absolute Gasteiger partial charge is 0.365 e. The Morgan fingerprint density at radius 2 is 1.60 bits per heavy atom. The van der Waals surface area contributed by atoms with Crippen LogP contribution >= 0.6 is 0 Å². The predicted octanol–water partition coefficient (Wildman–Crippen LogP) is 0.333. The van der Waals surface area contributed by atoms with E-state index in [4.69, 9.17) is 4.74 Å². The third kappa shape index (κ3) is 0.951. The normalized spacial score (nSPS) is 42.2. The van der Waals surface area contributed by atoms with Crippen LogP contribution in [0.3, 0.4) is 0 Å². The van der Waals surface area contributed by atoms with Crippen LogP contribution in [-0.2, 0) is 14.3 Å². The minimum atomic E-state index is -0.255. The fourth-order valence-corrected chi connectivity index (χ4v) is 2.84. The molecule has 2 saturated heterocycles. The summed E-state index contributed by atoms with van der Waals surface area (Å²) in [7, 11) is 0. The Hall–Kier alpha value is -1.16. The molecule has 80 valence electrons. The summed E-state index contributed by atoms with van der Waals surface area (Å²) in [6, 6.07) is -0.0463. The summed E-state index contributed by atoms with van der Waals surface area (Å²) < 4.78 is 5.53. The van der Waals surface area contributed by atoms with Crippen molar-refractivity contribution in [3.63, 3.8) is 0 Å². The SMILES string of the molecule is CC(C)N1C(=O)[C@@H]2[C@@H](C1=O)[C@@H]1C=C[C@@H]2O1. The van der Waals surface area contributed by atoms with Gasteiger partial charge < -0.3 is 4.74 Å². The third-order valence-electron chi connectivity index (χ3n) is 3.46. The Morgan fingerprint density at radius 1 is 1.13 bits per heavy atom. The summed E-state index contributed by atoms with van der Waals surface area (Å²) in [6.07, 6.45) is 3.47. The van der Waals surface area contributed by atoms with Crippen LogP contribution in [0.25, 0.3) is 0 Å². The molecule has 3 heterocycles. The van der Waals surface area contributed by atoms with Crippen LogP contribution in [0, 0.1) is 11.8 Å². The second kappa shape index (κ2) is 2.70. The van der Waals surface area contributed by atoms with E-state index < -0.39 is 0 Å². The van der Waals surface area contributed by atoms with Gasteiger partial charge in [0.2, 0.25) is 11.8 Å². The summed E-state index contributed by atoms with van der Waals surface area (Å²) in [5.41, 5.74) is 0. The van der Waals surface area contributed by atoms with Crippen molar-refractivity contribution in [3.05, 3.63) is 12.2 Å². The Kier molecular flexibility index (Phi) is 1.63. The number of rotatable bonds is 1. The topological polar surface area (TPSA) is 46.6 Å². The van der Waals surface area contributed by atoms with Gasteiger partial charge in [-0.2, -0.15) is 0 Å². The van der Waals surface area contributed by atoms with E-state index in [2.05, 4.69) is 0 Å². The van der Waals surface area contributed by atoms with Crippen LogP contribution in [0.2, 0.25) is 0 Å². The molecule has 3 rings (SSSR count). The maximum atomic E-state index is 12.0. The van der Waals surface area contributed by atoms with Gasteiger partial charge in [0.25, 0.3) is 0 Å². The monoisotopic (exact) mass is 207 g/mol. The van der Waals surface area contributed by atoms with Crippen molar-refractivity contribution in [2.45, 2.75) is 32.1 Å². The van der Waals surface area contributed by atoms with E-state index in [1.54, 1.807) is 0 Å². The summed E-state index contributed by atoms with van der Waals surface area (Å²) >= 11 is 0. The molecule has 0 radical (unpaired) electrons. The van der Waals surface area contributed by atoms with Crippen molar-refractivity contribution in [3.8, 4) is 0 Å². The van der Waals surface area contributed by atoms with Crippen LogP contribution < -0.4 is 0 Å². The number of carbonyl (C=O) groups is 2. The molecule has 0 N–H and O–H groups in total. The van der Waals surface area contributed by atoms with E-state index in [0.29, 0.717) is 0 Å². The molecule has 2 fully saturated rings. The minimum absolute atomic E-state index is 0.0463. The van der Waals surface area contributed by atoms with Gasteiger partial charge in [-0.15, -0.1) is 0 Å². The number of nitrogens with zero attached hydrogens (tertiary/aromatic N) is 1. The fourth-order valence-electron chi connectivity index (χ4n) is 2.84. The first-order valence-electron chi connectivity index (χ1n) is 5.32. The highest BCUT2D eigenvalue weighted by Gasteiger charge is 2.60. The number of ether oxygens (including phenoxy) is 1. The average Bonchev–Trinajstić information content (AvgIpc) is 2.79. The van der Waals surface area contributed by atoms with Crippen LogP contribution in [-0.4, -0.2) is 35.0 Å². The van der Waals surface area contributed by atoms with E-state index in [0.717, 1.165) is 0 Å². The number of carbonyl (C=O) groups excluding carboxylic acids is 2. The van der Waals surface area contributed by atoms with Crippen molar-refractivity contribution in [1.29, 1.82) is 0 Å². The smallest absolute Gasteiger partial charge is 0.236 e. The molecule has 3 aliphatic heterocycles. The molecule has 4 nitrogen and oxygen atoms in total. The first-order chi connectivity index (χ1) is 7.11. The molecule has 0 aromatic heterocycles. The van der Waals surface area contributed by atoms with Crippen LogP contribution in [0.1, 0.15) is 13.8 Å². The molecule has 0 unspecified atom stereocenters. The molecular weight excluding hydrogens is 194 g/mol. The van der Waals surface area contributed by atoms with Gasteiger partial charge >= 0.3 is 0 Å². The molecule has 4 atom stereocenters. The molecule has 15 heavy (non-hydrogen) atoms. The third-order valence-corrected chi connectivity index (χ3v) is 3.46. The second-order valence-electron chi connectivity index (χ2n) is 4.64. The zero-order valence-corrected chi connectivity index (χ0v) is 8.71. The summed E-state index contributed by atoms with van der Waals surface area (Å²) in [5, 5.41) is 0. The van der Waals surface area contributed by atoms with Crippen molar-refractivity contribution in [2.24, 2.45) is 11.8 Å². The Bertz CT molecular complexity index is 344. The fraction of sp³-hybridized carbons (Fsp3) is 0.636. The molecular formula is C11H13NO3. The van der Waals surface area contributed by atoms with Crippen LogP contribution in [0.15, 0.2) is 12.2 Å². The van der Waals surface area contributed by atoms with E-state index in [9.17, 15) is 9.59 Å². The van der Waals surface area contributed by atoms with Gasteiger partial charge in [-0.05, 0) is 13.8 Å². The molecule has 4 heteroatoms. The Balaban J connectivity index is 2.00. The average molecular weight is 207 g/mol. The number of imide groups is 1. The molecule has 2 amide bonds. The quantitative estimate of drug-likeness (QED) is 0.460. The molecule has 0 aromatic carbocycles. The van der Waals surface area contributed by atoms with Crippen molar-refractivity contribution in [2.75, 3.05) is 0 Å². The molecule has 3 aliphatic rings. The number of hydrogen-bond donors (Lipinski definition) is 0. The van der Waals surface area contributed by atoms with Gasteiger partial charge in [0.05, 0.1) is 24.0 Å². The van der Waals surface area contributed by atoms with Crippen LogP contribution in [0.5, 0.6) is 0 Å². The molecule has 0 aliphatic carbocycles. The number of likely N-dealkylation sites (tertiary alicyclic amines) is 1. The summed E-state index contributed by atoms with van der Waals surface area (Å²) in [5.74, 6) is -0.626. The van der Waals surface area contributed by atoms with Crippen molar-refractivity contribution in [1.82, 2.24) is 4.90 Å². The molecule has 0 spiro atoms. The van der Waals surface area contributed by atoms with Crippen LogP contribution in [0.4, 0.5) is 0 Å². The van der Waals surface area contributed by atoms with Crippen molar-refractivity contribution < 1.29 is 14.3 Å². The van der Waals surface area contributed by atoms with E-state index >= 15 is 0 Å². The van der Waals surface area contributed by atoms with Gasteiger partial charge in [0.1, 0.15) is 0 Å². The highest BCUT2D eigenvalue weighted by atomic mass is 16.5. The number of fused-ring (bicyclic) bond motifs is 5. The van der Waals surface area contributed by atoms with Gasteiger partial charge in [-0.25, -0.2) is 0 Å². The zero-order valence-electron chi connectivity index (χ0n) is 8.71. The lowest BCUT2D eigenvalue weighted by atomic mass is 9.85. The molecule has 2 bridgehead atoms. The first kappa shape index (κ1) is 9.09. The highest BCUT2D eigenvalue weighted by Crippen LogP contribution is 2.45. The van der Waals surface area contributed by atoms with E-state index in [1.807, 2.05) is 26.0 Å². The Morgan fingerprint density at radius 3 is 2.00 bits per heavy atom.